The highest BCUT2D eigenvalue weighted by atomic mass is 32.2. The predicted octanol–water partition coefficient (Wildman–Crippen LogP) is 5.49. The van der Waals surface area contributed by atoms with Gasteiger partial charge in [-0.25, -0.2) is 0 Å². The van der Waals surface area contributed by atoms with Crippen molar-refractivity contribution in [2.45, 2.75) is 25.5 Å². The normalized spacial score (nSPS) is 17.9. The molecule has 3 aromatic rings. The molecule has 182 valence electrons. The van der Waals surface area contributed by atoms with E-state index in [9.17, 15) is 10.1 Å². The molecule has 2 aliphatic heterocycles. The number of rotatable bonds is 7. The summed E-state index contributed by atoms with van der Waals surface area (Å²) in [5.41, 5.74) is 3.78. The molecule has 1 fully saturated rings. The van der Waals surface area contributed by atoms with Crippen LogP contribution in [-0.4, -0.2) is 35.4 Å². The van der Waals surface area contributed by atoms with Crippen molar-refractivity contribution in [2.75, 3.05) is 19.7 Å². The van der Waals surface area contributed by atoms with E-state index in [-0.39, 0.29) is 18.2 Å². The summed E-state index contributed by atoms with van der Waals surface area (Å²) in [4.78, 5) is 17.2. The summed E-state index contributed by atoms with van der Waals surface area (Å²) in [5, 5.41) is 10.9. The quantitative estimate of drug-likeness (QED) is 0.430. The molecule has 0 bridgehead atoms. The van der Waals surface area contributed by atoms with Gasteiger partial charge in [0.1, 0.15) is 6.61 Å². The molecule has 1 amide bonds. The fourth-order valence-electron chi connectivity index (χ4n) is 4.59. The number of methoxy groups -OCH3 is 1. The van der Waals surface area contributed by atoms with Crippen LogP contribution in [0.1, 0.15) is 29.0 Å². The number of carbonyl (C=O) groups excluding carboxylic acids is 1. The molecule has 1 saturated heterocycles. The summed E-state index contributed by atoms with van der Waals surface area (Å²) in [7, 11) is 1.60. The first-order chi connectivity index (χ1) is 17.7. The number of ether oxygens (including phenoxy) is 2. The number of nitrogens with zero attached hydrogens (tertiary/aromatic N) is 3. The zero-order chi connectivity index (χ0) is 24.9. The van der Waals surface area contributed by atoms with E-state index in [1.54, 1.807) is 23.8 Å². The van der Waals surface area contributed by atoms with E-state index in [2.05, 4.69) is 23.1 Å². The SMILES string of the molecule is COc1cc([C@H]2CC(=O)N3CN(Cc4ccccc4)CSC3=C2C#N)ccc1OCc1ccccc1. The second-order valence-corrected chi connectivity index (χ2v) is 9.76. The Balaban J connectivity index is 1.35. The molecule has 0 unspecified atom stereocenters. The van der Waals surface area contributed by atoms with Crippen LogP contribution >= 0.6 is 11.8 Å². The third kappa shape index (κ3) is 5.11. The smallest absolute Gasteiger partial charge is 0.229 e. The van der Waals surface area contributed by atoms with Gasteiger partial charge in [-0.3, -0.25) is 14.6 Å². The van der Waals surface area contributed by atoms with E-state index in [0.29, 0.717) is 30.3 Å². The summed E-state index contributed by atoms with van der Waals surface area (Å²) in [5.74, 6) is 1.66. The third-order valence-electron chi connectivity index (χ3n) is 6.43. The van der Waals surface area contributed by atoms with Gasteiger partial charge >= 0.3 is 0 Å². The molecular weight excluding hydrogens is 470 g/mol. The van der Waals surface area contributed by atoms with Crippen LogP contribution in [0.2, 0.25) is 0 Å². The van der Waals surface area contributed by atoms with Crippen LogP contribution in [0.15, 0.2) is 89.5 Å². The minimum atomic E-state index is -0.306. The number of hydrogen-bond acceptors (Lipinski definition) is 6. The summed E-state index contributed by atoms with van der Waals surface area (Å²) in [6, 6.07) is 28.3. The molecule has 2 aliphatic rings. The highest BCUT2D eigenvalue weighted by Crippen LogP contribution is 2.44. The summed E-state index contributed by atoms with van der Waals surface area (Å²) >= 11 is 1.56. The van der Waals surface area contributed by atoms with Crippen molar-refractivity contribution in [2.24, 2.45) is 0 Å². The van der Waals surface area contributed by atoms with Gasteiger partial charge in [-0.2, -0.15) is 5.26 Å². The number of nitriles is 1. The van der Waals surface area contributed by atoms with Crippen LogP contribution in [0.25, 0.3) is 0 Å². The van der Waals surface area contributed by atoms with E-state index in [1.807, 2.05) is 66.7 Å². The van der Waals surface area contributed by atoms with Crippen LogP contribution in [-0.2, 0) is 17.9 Å². The molecule has 1 atom stereocenters. The van der Waals surface area contributed by atoms with E-state index in [4.69, 9.17) is 9.47 Å². The molecule has 0 saturated carbocycles. The highest BCUT2D eigenvalue weighted by molar-refractivity contribution is 8.03. The lowest BCUT2D eigenvalue weighted by molar-refractivity contribution is -0.131. The van der Waals surface area contributed by atoms with Gasteiger partial charge in [0.05, 0.1) is 36.3 Å². The van der Waals surface area contributed by atoms with Crippen molar-refractivity contribution < 1.29 is 14.3 Å². The van der Waals surface area contributed by atoms with Crippen molar-refractivity contribution in [3.63, 3.8) is 0 Å². The molecule has 0 aromatic heterocycles. The molecule has 0 spiro atoms. The monoisotopic (exact) mass is 497 g/mol. The molecule has 5 rings (SSSR count). The first-order valence-electron chi connectivity index (χ1n) is 11.8. The topological polar surface area (TPSA) is 65.8 Å². The summed E-state index contributed by atoms with van der Waals surface area (Å²) in [6.45, 7) is 1.68. The second kappa shape index (κ2) is 10.9. The predicted molar refractivity (Wildman–Crippen MR) is 140 cm³/mol. The lowest BCUT2D eigenvalue weighted by Gasteiger charge is -2.41. The lowest BCUT2D eigenvalue weighted by Crippen LogP contribution is -2.46. The van der Waals surface area contributed by atoms with Crippen molar-refractivity contribution >= 4 is 17.7 Å². The molecular formula is C29H27N3O3S. The molecule has 3 aromatic carbocycles. The number of hydrogen-bond donors (Lipinski definition) is 0. The maximum absolute atomic E-state index is 13.2. The zero-order valence-electron chi connectivity index (χ0n) is 20.1. The van der Waals surface area contributed by atoms with Crippen LogP contribution in [0.4, 0.5) is 0 Å². The fourth-order valence-corrected chi connectivity index (χ4v) is 5.73. The van der Waals surface area contributed by atoms with Gasteiger partial charge < -0.3 is 9.47 Å². The van der Waals surface area contributed by atoms with Gasteiger partial charge in [-0.1, -0.05) is 78.5 Å². The van der Waals surface area contributed by atoms with E-state index in [1.165, 1.54) is 5.56 Å². The highest BCUT2D eigenvalue weighted by Gasteiger charge is 2.38. The minimum absolute atomic E-state index is 0.0302. The number of thioether (sulfide) groups is 1. The van der Waals surface area contributed by atoms with Gasteiger partial charge in [-0.15, -0.1) is 0 Å². The Kier molecular flexibility index (Phi) is 7.26. The van der Waals surface area contributed by atoms with Gasteiger partial charge in [0, 0.05) is 18.9 Å². The Labute approximate surface area is 215 Å². The number of allylic oxidation sites excluding steroid dienone is 1. The minimum Gasteiger partial charge on any atom is -0.493 e. The first-order valence-corrected chi connectivity index (χ1v) is 12.8. The third-order valence-corrected chi connectivity index (χ3v) is 7.63. The Bertz CT molecular complexity index is 1300. The van der Waals surface area contributed by atoms with Crippen LogP contribution in [0.5, 0.6) is 11.5 Å². The molecule has 0 radical (unpaired) electrons. The molecule has 0 aliphatic carbocycles. The molecule has 0 N–H and O–H groups in total. The Morgan fingerprint density at radius 1 is 1.00 bits per heavy atom. The average Bonchev–Trinajstić information content (AvgIpc) is 2.93. The average molecular weight is 498 g/mol. The van der Waals surface area contributed by atoms with E-state index >= 15 is 0 Å². The fraction of sp³-hybridized carbons (Fsp3) is 0.241. The summed E-state index contributed by atoms with van der Waals surface area (Å²) in [6.07, 6.45) is 0.250. The van der Waals surface area contributed by atoms with Crippen molar-refractivity contribution in [1.82, 2.24) is 9.80 Å². The van der Waals surface area contributed by atoms with Crippen LogP contribution < -0.4 is 9.47 Å². The van der Waals surface area contributed by atoms with Crippen LogP contribution in [0, 0.1) is 11.3 Å². The Morgan fingerprint density at radius 2 is 1.72 bits per heavy atom. The van der Waals surface area contributed by atoms with Crippen molar-refractivity contribution in [1.29, 1.82) is 5.26 Å². The molecule has 2 heterocycles. The molecule has 6 nitrogen and oxygen atoms in total. The van der Waals surface area contributed by atoms with Gasteiger partial charge in [-0.05, 0) is 28.8 Å². The first kappa shape index (κ1) is 24.0. The van der Waals surface area contributed by atoms with E-state index in [0.717, 1.165) is 28.6 Å². The molecule has 7 heteroatoms. The van der Waals surface area contributed by atoms with Gasteiger partial charge in [0.15, 0.2) is 11.5 Å². The standard InChI is InChI=1S/C29H27N3O3S/c1-34-27-14-23(12-13-26(27)35-18-22-10-6-3-7-11-22)24-15-28(33)32-19-31(17-21-8-4-2-5-9-21)20-36-29(32)25(24)16-30/h2-14,24H,15,17-20H2,1H3/t24-/m1/s1. The largest absolute Gasteiger partial charge is 0.493 e. The number of amides is 1. The maximum atomic E-state index is 13.2. The van der Waals surface area contributed by atoms with Crippen molar-refractivity contribution in [3.05, 3.63) is 106 Å². The van der Waals surface area contributed by atoms with E-state index < -0.39 is 0 Å². The van der Waals surface area contributed by atoms with Gasteiger partial charge in [0.25, 0.3) is 0 Å². The van der Waals surface area contributed by atoms with Crippen LogP contribution in [0.3, 0.4) is 0 Å². The van der Waals surface area contributed by atoms with Crippen molar-refractivity contribution in [3.8, 4) is 17.6 Å². The maximum Gasteiger partial charge on any atom is 0.229 e. The summed E-state index contributed by atoms with van der Waals surface area (Å²) < 4.78 is 11.6. The number of benzene rings is 3. The van der Waals surface area contributed by atoms with Gasteiger partial charge in [0.2, 0.25) is 5.91 Å². The lowest BCUT2D eigenvalue weighted by atomic mass is 9.86. The number of carbonyl (C=O) groups is 1. The Morgan fingerprint density at radius 3 is 2.42 bits per heavy atom. The number of fused-ring (bicyclic) bond motifs is 1. The Hall–Kier alpha value is -3.73. The second-order valence-electron chi connectivity index (χ2n) is 8.82. The zero-order valence-corrected chi connectivity index (χ0v) is 20.9. The molecule has 36 heavy (non-hydrogen) atoms.